The third-order valence-corrected chi connectivity index (χ3v) is 6.37. The van der Waals surface area contributed by atoms with Gasteiger partial charge in [0.1, 0.15) is 11.5 Å². The molecule has 4 aromatic carbocycles. The quantitative estimate of drug-likeness (QED) is 0.122. The van der Waals surface area contributed by atoms with Crippen molar-refractivity contribution in [3.8, 4) is 33.8 Å². The maximum absolute atomic E-state index is 13.0. The van der Waals surface area contributed by atoms with E-state index in [0.717, 1.165) is 36.4 Å². The van der Waals surface area contributed by atoms with Gasteiger partial charge in [-0.1, -0.05) is 35.3 Å². The molecule has 0 unspecified atom stereocenters. The molecule has 0 saturated carbocycles. The Bertz CT molecular complexity index is 1570. The molecule has 41 heavy (non-hydrogen) atoms. The average molecular weight is 617 g/mol. The molecule has 0 aromatic heterocycles. The lowest BCUT2D eigenvalue weighted by Gasteiger charge is -2.13. The van der Waals surface area contributed by atoms with Crippen LogP contribution in [0.15, 0.2) is 72.8 Å². The van der Waals surface area contributed by atoms with Gasteiger partial charge in [0.15, 0.2) is 0 Å². The van der Waals surface area contributed by atoms with Gasteiger partial charge >= 0.3 is 12.4 Å². The van der Waals surface area contributed by atoms with Crippen molar-refractivity contribution in [1.29, 1.82) is 0 Å². The Balaban J connectivity index is 1.70. The number of benzene rings is 4. The summed E-state index contributed by atoms with van der Waals surface area (Å²) in [5.74, 6) is -0.309. The first-order valence-corrected chi connectivity index (χ1v) is 11.8. The summed E-state index contributed by atoms with van der Waals surface area (Å²) >= 11 is 12.0. The molecule has 0 radical (unpaired) electrons. The fourth-order valence-corrected chi connectivity index (χ4v) is 4.43. The Morgan fingerprint density at radius 3 is 1.20 bits per heavy atom. The number of hydrogen-bond acceptors (Lipinski definition) is 5. The third kappa shape index (κ3) is 6.36. The molecule has 0 aliphatic carbocycles. The first kappa shape index (κ1) is 29.6. The Kier molecular flexibility index (Phi) is 7.87. The highest BCUT2D eigenvalue weighted by Gasteiger charge is 2.32. The molecule has 4 rings (SSSR count). The van der Waals surface area contributed by atoms with Crippen LogP contribution in [0, 0.1) is 20.2 Å². The lowest BCUT2D eigenvalue weighted by molar-refractivity contribution is -0.384. The Morgan fingerprint density at radius 1 is 0.561 bits per heavy atom. The van der Waals surface area contributed by atoms with E-state index >= 15 is 0 Å². The van der Waals surface area contributed by atoms with E-state index in [4.69, 9.17) is 27.9 Å². The van der Waals surface area contributed by atoms with Crippen molar-refractivity contribution >= 4 is 34.6 Å². The van der Waals surface area contributed by atoms with Crippen LogP contribution in [0.2, 0.25) is 10.0 Å². The molecule has 15 heteroatoms. The largest absolute Gasteiger partial charge is 0.457 e. The molecule has 0 atom stereocenters. The predicted molar refractivity (Wildman–Crippen MR) is 137 cm³/mol. The van der Waals surface area contributed by atoms with Gasteiger partial charge in [-0.2, -0.15) is 26.3 Å². The molecular formula is C26H12Cl2F6N2O5. The first-order chi connectivity index (χ1) is 19.1. The van der Waals surface area contributed by atoms with Crippen LogP contribution in [0.5, 0.6) is 11.5 Å². The van der Waals surface area contributed by atoms with E-state index in [2.05, 4.69) is 0 Å². The van der Waals surface area contributed by atoms with E-state index in [0.29, 0.717) is 12.1 Å². The highest BCUT2D eigenvalue weighted by Crippen LogP contribution is 2.43. The summed E-state index contributed by atoms with van der Waals surface area (Å²) in [7, 11) is 0. The van der Waals surface area contributed by atoms with Gasteiger partial charge in [-0.3, -0.25) is 20.2 Å². The molecule has 0 aliphatic rings. The second kappa shape index (κ2) is 10.9. The monoisotopic (exact) mass is 616 g/mol. The summed E-state index contributed by atoms with van der Waals surface area (Å²) in [6.07, 6.45) is -9.36. The van der Waals surface area contributed by atoms with Crippen molar-refractivity contribution in [1.82, 2.24) is 0 Å². The Hall–Kier alpha value is -4.36. The van der Waals surface area contributed by atoms with Gasteiger partial charge < -0.3 is 4.74 Å². The van der Waals surface area contributed by atoms with Gasteiger partial charge in [0.2, 0.25) is 0 Å². The van der Waals surface area contributed by atoms with Crippen LogP contribution in [0.25, 0.3) is 22.3 Å². The van der Waals surface area contributed by atoms with E-state index < -0.39 is 44.7 Å². The highest BCUT2D eigenvalue weighted by molar-refractivity contribution is 6.34. The van der Waals surface area contributed by atoms with E-state index in [9.17, 15) is 46.6 Å². The lowest BCUT2D eigenvalue weighted by Crippen LogP contribution is -2.04. The third-order valence-electron chi connectivity index (χ3n) is 5.74. The number of nitro benzene ring substituents is 2. The standard InChI is InChI=1S/C26H12Cl2F6N2O5/c27-21-9-13(25(29,30)31)1-5-17(21)19-7-3-15(11-23(19)35(37)38)41-16-4-8-20(24(12-16)36(39)40)18-6-2-14(10-22(18)28)26(32,33)34/h1-12H. The summed E-state index contributed by atoms with van der Waals surface area (Å²) < 4.78 is 83.4. The molecular weight excluding hydrogens is 605 g/mol. The second-order valence-corrected chi connectivity index (χ2v) is 9.17. The normalized spacial score (nSPS) is 11.8. The summed E-state index contributed by atoms with van der Waals surface area (Å²) in [6.45, 7) is 0. The van der Waals surface area contributed by atoms with Crippen LogP contribution in [-0.2, 0) is 12.4 Å². The zero-order chi connectivity index (χ0) is 30.3. The number of rotatable bonds is 6. The van der Waals surface area contributed by atoms with E-state index in [1.807, 2.05) is 0 Å². The number of hydrogen-bond donors (Lipinski definition) is 0. The molecule has 0 amide bonds. The minimum atomic E-state index is -4.68. The smallest absolute Gasteiger partial charge is 0.416 e. The number of halogens is 8. The molecule has 0 saturated heterocycles. The Labute approximate surface area is 235 Å². The molecule has 0 spiro atoms. The number of alkyl halides is 6. The average Bonchev–Trinajstić information content (AvgIpc) is 2.87. The van der Waals surface area contributed by atoms with Crippen LogP contribution in [-0.4, -0.2) is 9.85 Å². The molecule has 4 aromatic rings. The van der Waals surface area contributed by atoms with Crippen molar-refractivity contribution in [2.75, 3.05) is 0 Å². The molecule has 0 aliphatic heterocycles. The van der Waals surface area contributed by atoms with Crippen molar-refractivity contribution < 1.29 is 40.9 Å². The zero-order valence-corrected chi connectivity index (χ0v) is 21.4. The second-order valence-electron chi connectivity index (χ2n) is 8.36. The fraction of sp³-hybridized carbons (Fsp3) is 0.0769. The maximum atomic E-state index is 13.0. The number of ether oxygens (including phenoxy) is 1. The van der Waals surface area contributed by atoms with Crippen LogP contribution >= 0.6 is 23.2 Å². The van der Waals surface area contributed by atoms with Crippen LogP contribution in [0.1, 0.15) is 11.1 Å². The minimum absolute atomic E-state index is 0.0497. The number of nitrogens with zero attached hydrogens (tertiary/aromatic N) is 2. The lowest BCUT2D eigenvalue weighted by atomic mass is 10.0. The summed E-state index contributed by atoms with van der Waals surface area (Å²) in [5.41, 5.74) is -3.57. The van der Waals surface area contributed by atoms with E-state index in [-0.39, 0.29) is 43.8 Å². The van der Waals surface area contributed by atoms with Gasteiger partial charge in [0.05, 0.1) is 44.2 Å². The van der Waals surface area contributed by atoms with Gasteiger partial charge in [0, 0.05) is 21.2 Å². The molecule has 212 valence electrons. The predicted octanol–water partition coefficient (Wildman–Crippen LogP) is 9.97. The van der Waals surface area contributed by atoms with Crippen molar-refractivity contribution in [2.24, 2.45) is 0 Å². The summed E-state index contributed by atoms with van der Waals surface area (Å²) in [5, 5.41) is 22.7. The van der Waals surface area contributed by atoms with E-state index in [1.165, 1.54) is 24.3 Å². The molecule has 0 fully saturated rings. The molecule has 0 bridgehead atoms. The van der Waals surface area contributed by atoms with Gasteiger partial charge in [-0.25, -0.2) is 0 Å². The number of nitro groups is 2. The van der Waals surface area contributed by atoms with Crippen molar-refractivity contribution in [3.05, 3.63) is 114 Å². The van der Waals surface area contributed by atoms with Gasteiger partial charge in [-0.05, 0) is 48.5 Å². The fourth-order valence-electron chi connectivity index (χ4n) is 3.86. The summed E-state index contributed by atoms with van der Waals surface area (Å²) in [4.78, 5) is 21.9. The molecule has 0 heterocycles. The van der Waals surface area contributed by atoms with Gasteiger partial charge in [0.25, 0.3) is 11.4 Å². The molecule has 7 nitrogen and oxygen atoms in total. The molecule has 0 N–H and O–H groups in total. The van der Waals surface area contributed by atoms with Crippen LogP contribution in [0.4, 0.5) is 37.7 Å². The maximum Gasteiger partial charge on any atom is 0.416 e. The van der Waals surface area contributed by atoms with Gasteiger partial charge in [-0.15, -0.1) is 0 Å². The Morgan fingerprint density at radius 2 is 0.902 bits per heavy atom. The van der Waals surface area contributed by atoms with E-state index in [1.54, 1.807) is 0 Å². The summed E-state index contributed by atoms with van der Waals surface area (Å²) in [6, 6.07) is 11.4. The van der Waals surface area contributed by atoms with Crippen molar-refractivity contribution in [2.45, 2.75) is 12.4 Å². The van der Waals surface area contributed by atoms with Crippen LogP contribution in [0.3, 0.4) is 0 Å². The van der Waals surface area contributed by atoms with Crippen molar-refractivity contribution in [3.63, 3.8) is 0 Å². The van der Waals surface area contributed by atoms with Crippen LogP contribution < -0.4 is 4.74 Å². The topological polar surface area (TPSA) is 95.5 Å². The first-order valence-electron chi connectivity index (χ1n) is 11.0. The zero-order valence-electron chi connectivity index (χ0n) is 19.9. The SMILES string of the molecule is O=[N+]([O-])c1cc(Oc2ccc(-c3ccc(C(F)(F)F)cc3Cl)c([N+](=O)[O-])c2)ccc1-c1ccc(C(F)(F)F)cc1Cl. The minimum Gasteiger partial charge on any atom is -0.457 e. The highest BCUT2D eigenvalue weighted by atomic mass is 35.5.